The van der Waals surface area contributed by atoms with E-state index in [2.05, 4.69) is 5.32 Å². The molecule has 1 fully saturated rings. The van der Waals surface area contributed by atoms with Gasteiger partial charge in [-0.2, -0.15) is 4.31 Å². The summed E-state index contributed by atoms with van der Waals surface area (Å²) in [6.45, 7) is 0.604. The van der Waals surface area contributed by atoms with Gasteiger partial charge in [0.2, 0.25) is 10.0 Å². The van der Waals surface area contributed by atoms with Crippen LogP contribution in [0, 0.1) is 0 Å². The molecule has 1 N–H and O–H groups in total. The summed E-state index contributed by atoms with van der Waals surface area (Å²) in [5, 5.41) is 2.62. The van der Waals surface area contributed by atoms with Crippen molar-refractivity contribution in [2.45, 2.75) is 49.8 Å². The number of aryl methyl sites for hydroxylation is 2. The van der Waals surface area contributed by atoms with Crippen molar-refractivity contribution in [3.05, 3.63) is 45.6 Å². The maximum absolute atomic E-state index is 12.8. The van der Waals surface area contributed by atoms with Gasteiger partial charge in [-0.1, -0.05) is 12.5 Å². The summed E-state index contributed by atoms with van der Waals surface area (Å²) >= 11 is 1.44. The first-order chi connectivity index (χ1) is 14.9. The number of carbonyl (C=O) groups excluding carboxylic acids is 2. The van der Waals surface area contributed by atoms with Crippen LogP contribution in [0.3, 0.4) is 0 Å². The van der Waals surface area contributed by atoms with Gasteiger partial charge >= 0.3 is 5.97 Å². The third kappa shape index (κ3) is 5.16. The minimum absolute atomic E-state index is 0.147. The monoisotopic (exact) mass is 462 g/mol. The number of ether oxygens (including phenoxy) is 1. The highest BCUT2D eigenvalue weighted by atomic mass is 32.2. The Hall–Kier alpha value is -2.23. The SMILES string of the molecule is O=C(COC(=O)c1cc2c(s1)CCCC2)Nc1cccc(S(=O)(=O)N2CCCCC2)c1. The number of piperidine rings is 1. The second-order valence-corrected chi connectivity index (χ2v) is 11.0. The molecule has 4 rings (SSSR count). The highest BCUT2D eigenvalue weighted by Gasteiger charge is 2.26. The number of hydrogen-bond donors (Lipinski definition) is 1. The van der Waals surface area contributed by atoms with Gasteiger partial charge < -0.3 is 10.1 Å². The Morgan fingerprint density at radius 1 is 1.03 bits per heavy atom. The number of amides is 1. The van der Waals surface area contributed by atoms with Crippen molar-refractivity contribution in [3.63, 3.8) is 0 Å². The first kappa shape index (κ1) is 22.0. The minimum Gasteiger partial charge on any atom is -0.451 e. The van der Waals surface area contributed by atoms with Crippen molar-refractivity contribution >= 4 is 38.9 Å². The number of thiophene rings is 1. The van der Waals surface area contributed by atoms with Crippen molar-refractivity contribution < 1.29 is 22.7 Å². The Balaban J connectivity index is 1.35. The van der Waals surface area contributed by atoms with E-state index < -0.39 is 28.5 Å². The first-order valence-corrected chi connectivity index (χ1v) is 12.9. The van der Waals surface area contributed by atoms with Crippen LogP contribution in [-0.4, -0.2) is 44.3 Å². The van der Waals surface area contributed by atoms with Crippen molar-refractivity contribution in [2.24, 2.45) is 0 Å². The number of benzene rings is 1. The molecule has 7 nitrogen and oxygen atoms in total. The van der Waals surface area contributed by atoms with E-state index in [1.807, 2.05) is 6.07 Å². The van der Waals surface area contributed by atoms with Gasteiger partial charge in [0.1, 0.15) is 4.88 Å². The van der Waals surface area contributed by atoms with E-state index in [0.29, 0.717) is 23.7 Å². The van der Waals surface area contributed by atoms with Crippen LogP contribution in [0.25, 0.3) is 0 Å². The normalized spacial score (nSPS) is 17.0. The second-order valence-electron chi connectivity index (χ2n) is 7.88. The summed E-state index contributed by atoms with van der Waals surface area (Å²) in [6, 6.07) is 8.04. The number of anilines is 1. The molecule has 1 aromatic heterocycles. The molecule has 166 valence electrons. The third-order valence-corrected chi connectivity index (χ3v) is 8.71. The Morgan fingerprint density at radius 3 is 2.58 bits per heavy atom. The fourth-order valence-electron chi connectivity index (χ4n) is 3.98. The summed E-state index contributed by atoms with van der Waals surface area (Å²) in [5.41, 5.74) is 1.56. The molecule has 2 aromatic rings. The van der Waals surface area contributed by atoms with Gasteiger partial charge in [-0.3, -0.25) is 4.79 Å². The smallest absolute Gasteiger partial charge is 0.348 e. The van der Waals surface area contributed by atoms with Gasteiger partial charge in [0.05, 0.1) is 4.90 Å². The van der Waals surface area contributed by atoms with E-state index in [1.165, 1.54) is 38.2 Å². The summed E-state index contributed by atoms with van der Waals surface area (Å²) in [5.74, 6) is -1.02. The highest BCUT2D eigenvalue weighted by Crippen LogP contribution is 2.30. The predicted molar refractivity (Wildman–Crippen MR) is 119 cm³/mol. The Kier molecular flexibility index (Phi) is 6.74. The molecule has 0 saturated carbocycles. The van der Waals surface area contributed by atoms with Gasteiger partial charge in [-0.05, 0) is 68.4 Å². The van der Waals surface area contributed by atoms with Crippen LogP contribution in [0.1, 0.15) is 52.2 Å². The molecule has 0 atom stereocenters. The van der Waals surface area contributed by atoms with E-state index in [0.717, 1.165) is 44.9 Å². The molecule has 1 amide bonds. The molecule has 1 saturated heterocycles. The molecule has 1 aromatic carbocycles. The zero-order valence-electron chi connectivity index (χ0n) is 17.3. The summed E-state index contributed by atoms with van der Waals surface area (Å²) < 4.78 is 32.3. The van der Waals surface area contributed by atoms with Crippen LogP contribution in [-0.2, 0) is 32.4 Å². The molecule has 0 radical (unpaired) electrons. The molecule has 31 heavy (non-hydrogen) atoms. The van der Waals surface area contributed by atoms with Crippen LogP contribution in [0.15, 0.2) is 35.2 Å². The fourth-order valence-corrected chi connectivity index (χ4v) is 6.69. The topological polar surface area (TPSA) is 92.8 Å². The molecule has 0 unspecified atom stereocenters. The number of nitrogens with zero attached hydrogens (tertiary/aromatic N) is 1. The lowest BCUT2D eigenvalue weighted by molar-refractivity contribution is -0.119. The number of hydrogen-bond acceptors (Lipinski definition) is 6. The maximum atomic E-state index is 12.8. The maximum Gasteiger partial charge on any atom is 0.348 e. The summed E-state index contributed by atoms with van der Waals surface area (Å²) in [4.78, 5) is 26.5. The van der Waals surface area contributed by atoms with Crippen LogP contribution in [0.4, 0.5) is 5.69 Å². The van der Waals surface area contributed by atoms with Gasteiger partial charge in [0.15, 0.2) is 6.61 Å². The molecule has 1 aliphatic carbocycles. The van der Waals surface area contributed by atoms with Crippen LogP contribution in [0.2, 0.25) is 0 Å². The van der Waals surface area contributed by atoms with Gasteiger partial charge in [0, 0.05) is 23.7 Å². The van der Waals surface area contributed by atoms with Crippen molar-refractivity contribution in [1.82, 2.24) is 4.31 Å². The summed E-state index contributed by atoms with van der Waals surface area (Å²) in [7, 11) is -3.59. The number of fused-ring (bicyclic) bond motifs is 1. The van der Waals surface area contributed by atoms with E-state index in [1.54, 1.807) is 12.1 Å². The molecule has 2 heterocycles. The number of rotatable bonds is 6. The van der Waals surface area contributed by atoms with Crippen LogP contribution >= 0.6 is 11.3 Å². The Morgan fingerprint density at radius 2 is 1.81 bits per heavy atom. The zero-order valence-corrected chi connectivity index (χ0v) is 18.9. The molecule has 9 heteroatoms. The number of esters is 1. The van der Waals surface area contributed by atoms with Crippen molar-refractivity contribution in [3.8, 4) is 0 Å². The molecular weight excluding hydrogens is 436 g/mol. The number of nitrogens with one attached hydrogen (secondary N) is 1. The Labute approximate surface area is 186 Å². The fraction of sp³-hybridized carbons (Fsp3) is 0.455. The highest BCUT2D eigenvalue weighted by molar-refractivity contribution is 7.89. The van der Waals surface area contributed by atoms with Crippen molar-refractivity contribution in [2.75, 3.05) is 25.0 Å². The lowest BCUT2D eigenvalue weighted by Gasteiger charge is -2.26. The Bertz CT molecular complexity index is 1050. The van der Waals surface area contributed by atoms with Crippen molar-refractivity contribution in [1.29, 1.82) is 0 Å². The van der Waals surface area contributed by atoms with E-state index in [9.17, 15) is 18.0 Å². The molecule has 0 bridgehead atoms. The second kappa shape index (κ2) is 9.50. The largest absolute Gasteiger partial charge is 0.451 e. The van der Waals surface area contributed by atoms with Crippen LogP contribution in [0.5, 0.6) is 0 Å². The molecule has 1 aliphatic heterocycles. The standard InChI is InChI=1S/C22H26N2O5S2/c25-21(15-29-22(26)20-13-16-7-2-3-10-19(16)30-20)23-17-8-6-9-18(14-17)31(27,28)24-11-4-1-5-12-24/h6,8-9,13-14H,1-5,7,10-12,15H2,(H,23,25). The van der Waals surface area contributed by atoms with Gasteiger partial charge in [0.25, 0.3) is 5.91 Å². The lowest BCUT2D eigenvalue weighted by atomic mass is 9.99. The predicted octanol–water partition coefficient (Wildman–Crippen LogP) is 3.60. The molecular formula is C22H26N2O5S2. The van der Waals surface area contributed by atoms with E-state index in [-0.39, 0.29) is 4.90 Å². The van der Waals surface area contributed by atoms with Gasteiger partial charge in [-0.25, -0.2) is 13.2 Å². The zero-order chi connectivity index (χ0) is 21.8. The lowest BCUT2D eigenvalue weighted by Crippen LogP contribution is -2.35. The third-order valence-electron chi connectivity index (χ3n) is 5.60. The van der Waals surface area contributed by atoms with Gasteiger partial charge in [-0.15, -0.1) is 11.3 Å². The first-order valence-electron chi connectivity index (χ1n) is 10.6. The minimum atomic E-state index is -3.59. The van der Waals surface area contributed by atoms with E-state index >= 15 is 0 Å². The van der Waals surface area contributed by atoms with Crippen LogP contribution < -0.4 is 5.32 Å². The average Bonchev–Trinajstić information content (AvgIpc) is 3.23. The molecule has 0 spiro atoms. The molecule has 2 aliphatic rings. The quantitative estimate of drug-likeness (QED) is 0.662. The summed E-state index contributed by atoms with van der Waals surface area (Å²) in [6.07, 6.45) is 6.99. The number of carbonyl (C=O) groups is 2. The average molecular weight is 463 g/mol. The number of sulfonamides is 1. The van der Waals surface area contributed by atoms with E-state index in [4.69, 9.17) is 4.74 Å².